The maximum atomic E-state index is 14.0. The van der Waals surface area contributed by atoms with Gasteiger partial charge in [0.1, 0.15) is 0 Å². The van der Waals surface area contributed by atoms with E-state index in [-0.39, 0.29) is 29.0 Å². The zero-order valence-electron chi connectivity index (χ0n) is 20.8. The molecule has 1 N–H and O–H groups in total. The molecule has 4 rings (SSSR count). The summed E-state index contributed by atoms with van der Waals surface area (Å²) in [6.45, 7) is 0.976. The monoisotopic (exact) mass is 509 g/mol. The standard InChI is InChI=1S/C28H29F2N3O4/c1-36-26-22(10-11-23(29)25(26)30)28(35)33-16-13-19(14-17-33)18-5-8-21(9-6-18)32-24(34)12-7-20-4-3-15-31-27(20)37-2/h3-6,8-11,15,19H,7,12-14,16-17H2,1-2H3,(H,32,34). The zero-order chi connectivity index (χ0) is 26.4. The predicted octanol–water partition coefficient (Wildman–Crippen LogP) is 4.97. The van der Waals surface area contributed by atoms with Gasteiger partial charge in [-0.3, -0.25) is 9.59 Å². The predicted molar refractivity (Wildman–Crippen MR) is 135 cm³/mol. The van der Waals surface area contributed by atoms with Crippen molar-refractivity contribution in [2.24, 2.45) is 0 Å². The number of amides is 2. The van der Waals surface area contributed by atoms with Gasteiger partial charge in [0, 0.05) is 37.0 Å². The second-order valence-electron chi connectivity index (χ2n) is 8.85. The molecule has 37 heavy (non-hydrogen) atoms. The van der Waals surface area contributed by atoms with Crippen LogP contribution in [-0.4, -0.2) is 49.0 Å². The molecular formula is C28H29F2N3O4. The second kappa shape index (κ2) is 11.8. The molecule has 1 aromatic heterocycles. The first-order chi connectivity index (χ1) is 17.9. The first kappa shape index (κ1) is 26.1. The number of hydrogen-bond donors (Lipinski definition) is 1. The fourth-order valence-corrected chi connectivity index (χ4v) is 4.59. The molecular weight excluding hydrogens is 480 g/mol. The molecule has 0 saturated carbocycles. The molecule has 0 aliphatic carbocycles. The van der Waals surface area contributed by atoms with Gasteiger partial charge in [0.15, 0.2) is 11.6 Å². The number of halogens is 2. The van der Waals surface area contributed by atoms with Gasteiger partial charge in [0.2, 0.25) is 17.6 Å². The summed E-state index contributed by atoms with van der Waals surface area (Å²) in [5, 5.41) is 2.92. The van der Waals surface area contributed by atoms with Crippen molar-refractivity contribution >= 4 is 17.5 Å². The summed E-state index contributed by atoms with van der Waals surface area (Å²) in [4.78, 5) is 31.1. The smallest absolute Gasteiger partial charge is 0.257 e. The van der Waals surface area contributed by atoms with E-state index in [0.29, 0.717) is 37.5 Å². The van der Waals surface area contributed by atoms with E-state index >= 15 is 0 Å². The topological polar surface area (TPSA) is 80.8 Å². The Morgan fingerprint density at radius 1 is 1.03 bits per heavy atom. The number of hydrogen-bond acceptors (Lipinski definition) is 5. The summed E-state index contributed by atoms with van der Waals surface area (Å²) in [5.41, 5.74) is 2.73. The van der Waals surface area contributed by atoms with Crippen LogP contribution in [0.15, 0.2) is 54.7 Å². The number of piperidine rings is 1. The molecule has 194 valence electrons. The number of carbonyl (C=O) groups excluding carboxylic acids is 2. The molecule has 3 aromatic rings. The highest BCUT2D eigenvalue weighted by atomic mass is 19.2. The minimum absolute atomic E-state index is 0.0157. The van der Waals surface area contributed by atoms with Crippen LogP contribution in [0.5, 0.6) is 11.6 Å². The summed E-state index contributed by atoms with van der Waals surface area (Å²) in [5.74, 6) is -2.29. The van der Waals surface area contributed by atoms with Crippen LogP contribution in [0.1, 0.15) is 46.7 Å². The van der Waals surface area contributed by atoms with Crippen molar-refractivity contribution < 1.29 is 27.8 Å². The average molecular weight is 510 g/mol. The Bertz CT molecular complexity index is 1260. The number of carbonyl (C=O) groups is 2. The third-order valence-corrected chi connectivity index (χ3v) is 6.60. The van der Waals surface area contributed by atoms with Gasteiger partial charge in [-0.2, -0.15) is 4.39 Å². The first-order valence-corrected chi connectivity index (χ1v) is 12.1. The van der Waals surface area contributed by atoms with Gasteiger partial charge < -0.3 is 19.7 Å². The molecule has 0 unspecified atom stereocenters. The number of pyridine rings is 1. The molecule has 1 saturated heterocycles. The first-order valence-electron chi connectivity index (χ1n) is 12.1. The molecule has 2 amide bonds. The van der Waals surface area contributed by atoms with Gasteiger partial charge in [-0.25, -0.2) is 9.37 Å². The van der Waals surface area contributed by atoms with Gasteiger partial charge >= 0.3 is 0 Å². The molecule has 1 aliphatic heterocycles. The number of ether oxygens (including phenoxy) is 2. The second-order valence-corrected chi connectivity index (χ2v) is 8.85. The van der Waals surface area contributed by atoms with Crippen LogP contribution in [0, 0.1) is 11.6 Å². The number of aryl methyl sites for hydroxylation is 1. The van der Waals surface area contributed by atoms with Crippen molar-refractivity contribution in [1.82, 2.24) is 9.88 Å². The van der Waals surface area contributed by atoms with Crippen molar-refractivity contribution in [2.45, 2.75) is 31.6 Å². The van der Waals surface area contributed by atoms with Crippen LogP contribution in [-0.2, 0) is 11.2 Å². The van der Waals surface area contributed by atoms with E-state index in [1.54, 1.807) is 18.2 Å². The number of likely N-dealkylation sites (tertiary alicyclic amines) is 1. The number of rotatable bonds is 8. The van der Waals surface area contributed by atoms with Gasteiger partial charge in [-0.05, 0) is 61.1 Å². The van der Waals surface area contributed by atoms with Crippen LogP contribution in [0.4, 0.5) is 14.5 Å². The Hall–Kier alpha value is -4.01. The number of nitrogens with zero attached hydrogens (tertiary/aromatic N) is 2. The number of nitrogens with one attached hydrogen (secondary N) is 1. The highest BCUT2D eigenvalue weighted by Gasteiger charge is 2.28. The SMILES string of the molecule is COc1ncccc1CCC(=O)Nc1ccc(C2CCN(C(=O)c3ccc(F)c(F)c3OC)CC2)cc1. The van der Waals surface area contributed by atoms with Gasteiger partial charge in [-0.1, -0.05) is 18.2 Å². The lowest BCUT2D eigenvalue weighted by Crippen LogP contribution is -2.38. The summed E-state index contributed by atoms with van der Waals surface area (Å²) in [6.07, 6.45) is 3.94. The van der Waals surface area contributed by atoms with Crippen LogP contribution in [0.25, 0.3) is 0 Å². The highest BCUT2D eigenvalue weighted by molar-refractivity contribution is 5.97. The maximum Gasteiger partial charge on any atom is 0.257 e. The minimum Gasteiger partial charge on any atom is -0.493 e. The number of anilines is 1. The average Bonchev–Trinajstić information content (AvgIpc) is 2.93. The third-order valence-electron chi connectivity index (χ3n) is 6.60. The zero-order valence-corrected chi connectivity index (χ0v) is 20.8. The number of aromatic nitrogens is 1. The minimum atomic E-state index is -1.16. The van der Waals surface area contributed by atoms with E-state index in [9.17, 15) is 18.4 Å². The number of methoxy groups -OCH3 is 2. The van der Waals surface area contributed by atoms with E-state index < -0.39 is 11.6 Å². The Balaban J connectivity index is 1.30. The molecule has 2 heterocycles. The largest absolute Gasteiger partial charge is 0.493 e. The van der Waals surface area contributed by atoms with Crippen LogP contribution in [0.3, 0.4) is 0 Å². The Morgan fingerprint density at radius 2 is 1.76 bits per heavy atom. The fraction of sp³-hybridized carbons (Fsp3) is 0.321. The summed E-state index contributed by atoms with van der Waals surface area (Å²) < 4.78 is 37.7. The molecule has 7 nitrogen and oxygen atoms in total. The summed E-state index contributed by atoms with van der Waals surface area (Å²) in [7, 11) is 2.77. The van der Waals surface area contributed by atoms with E-state index in [1.807, 2.05) is 36.4 Å². The fourth-order valence-electron chi connectivity index (χ4n) is 4.59. The lowest BCUT2D eigenvalue weighted by atomic mass is 9.89. The Morgan fingerprint density at radius 3 is 2.43 bits per heavy atom. The summed E-state index contributed by atoms with van der Waals surface area (Å²) in [6, 6.07) is 13.6. The van der Waals surface area contributed by atoms with Gasteiger partial charge in [0.25, 0.3) is 5.91 Å². The third kappa shape index (κ3) is 6.04. The van der Waals surface area contributed by atoms with Crippen molar-refractivity contribution in [3.63, 3.8) is 0 Å². The van der Waals surface area contributed by atoms with E-state index in [4.69, 9.17) is 9.47 Å². The van der Waals surface area contributed by atoms with E-state index in [1.165, 1.54) is 13.2 Å². The maximum absolute atomic E-state index is 14.0. The quantitative estimate of drug-likeness (QED) is 0.464. The molecule has 1 fully saturated rings. The lowest BCUT2D eigenvalue weighted by molar-refractivity contribution is -0.116. The van der Waals surface area contributed by atoms with Crippen molar-refractivity contribution in [3.05, 3.63) is 83.1 Å². The lowest BCUT2D eigenvalue weighted by Gasteiger charge is -2.32. The van der Waals surface area contributed by atoms with E-state index in [0.717, 1.165) is 30.0 Å². The molecule has 0 radical (unpaired) electrons. The van der Waals surface area contributed by atoms with Crippen molar-refractivity contribution in [2.75, 3.05) is 32.6 Å². The highest BCUT2D eigenvalue weighted by Crippen LogP contribution is 2.32. The molecule has 1 aliphatic rings. The molecule has 0 bridgehead atoms. The summed E-state index contributed by atoms with van der Waals surface area (Å²) >= 11 is 0. The molecule has 0 atom stereocenters. The molecule has 0 spiro atoms. The van der Waals surface area contributed by atoms with Gasteiger partial charge in [0.05, 0.1) is 19.8 Å². The molecule has 2 aromatic carbocycles. The Labute approximate surface area is 214 Å². The Kier molecular flexibility index (Phi) is 8.32. The molecule has 9 heteroatoms. The van der Waals surface area contributed by atoms with Crippen molar-refractivity contribution in [3.8, 4) is 11.6 Å². The van der Waals surface area contributed by atoms with Crippen LogP contribution < -0.4 is 14.8 Å². The van der Waals surface area contributed by atoms with Crippen LogP contribution in [0.2, 0.25) is 0 Å². The van der Waals surface area contributed by atoms with E-state index in [2.05, 4.69) is 10.3 Å². The van der Waals surface area contributed by atoms with Gasteiger partial charge in [-0.15, -0.1) is 0 Å². The van der Waals surface area contributed by atoms with Crippen molar-refractivity contribution in [1.29, 1.82) is 0 Å². The normalized spacial score (nSPS) is 13.8. The number of benzene rings is 2. The van der Waals surface area contributed by atoms with Crippen LogP contribution >= 0.6 is 0 Å².